The first-order valence-electron chi connectivity index (χ1n) is 6.06. The molecule has 0 bridgehead atoms. The lowest BCUT2D eigenvalue weighted by Gasteiger charge is -2.24. The van der Waals surface area contributed by atoms with Crippen molar-refractivity contribution in [2.75, 3.05) is 19.0 Å². The average molecular weight is 232 g/mol. The molecule has 1 unspecified atom stereocenters. The Morgan fingerprint density at radius 3 is 2.41 bits per heavy atom. The zero-order valence-electron chi connectivity index (χ0n) is 10.8. The van der Waals surface area contributed by atoms with E-state index in [0.29, 0.717) is 6.42 Å². The first-order valence-corrected chi connectivity index (χ1v) is 6.06. The van der Waals surface area contributed by atoms with Crippen molar-refractivity contribution in [2.24, 2.45) is 0 Å². The molecule has 2 rings (SSSR count). The second-order valence-corrected chi connectivity index (χ2v) is 5.35. The quantitative estimate of drug-likeness (QED) is 0.864. The second kappa shape index (κ2) is 4.40. The van der Waals surface area contributed by atoms with Crippen molar-refractivity contribution in [3.05, 3.63) is 29.8 Å². The molecule has 0 aromatic heterocycles. The number of carbonyl (C=O) groups is 1. The Bertz CT molecular complexity index is 411. The molecule has 92 valence electrons. The molecule has 1 aliphatic heterocycles. The third-order valence-corrected chi connectivity index (χ3v) is 3.39. The van der Waals surface area contributed by atoms with Crippen LogP contribution in [0.4, 0.5) is 5.69 Å². The van der Waals surface area contributed by atoms with Crippen LogP contribution in [0.3, 0.4) is 0 Å². The number of benzene rings is 1. The van der Waals surface area contributed by atoms with Crippen molar-refractivity contribution >= 4 is 11.6 Å². The Morgan fingerprint density at radius 1 is 1.29 bits per heavy atom. The van der Waals surface area contributed by atoms with Gasteiger partial charge in [0.1, 0.15) is 0 Å². The molecular weight excluding hydrogens is 212 g/mol. The summed E-state index contributed by atoms with van der Waals surface area (Å²) in [6.07, 6.45) is 2.50. The molecule has 0 aliphatic carbocycles. The molecule has 3 nitrogen and oxygen atoms in total. The number of hydrogen-bond donors (Lipinski definition) is 1. The number of rotatable bonds is 3. The molecule has 1 N–H and O–H groups in total. The van der Waals surface area contributed by atoms with E-state index >= 15 is 0 Å². The molecule has 1 fully saturated rings. The van der Waals surface area contributed by atoms with Crippen LogP contribution in [0.15, 0.2) is 24.3 Å². The molecule has 0 saturated carbocycles. The summed E-state index contributed by atoms with van der Waals surface area (Å²) in [7, 11) is 4.07. The monoisotopic (exact) mass is 232 g/mol. The van der Waals surface area contributed by atoms with Crippen LogP contribution >= 0.6 is 0 Å². The van der Waals surface area contributed by atoms with Crippen LogP contribution in [0.1, 0.15) is 25.3 Å². The largest absolute Gasteiger partial charge is 0.378 e. The predicted molar refractivity (Wildman–Crippen MR) is 70.3 cm³/mol. The first kappa shape index (κ1) is 12.0. The standard InChI is InChI=1S/C14H20N2O/c1-14(9-8-13(17)15-14)10-11-4-6-12(7-5-11)16(2)3/h4-7H,8-10H2,1-3H3,(H,15,17). The molecule has 17 heavy (non-hydrogen) atoms. The highest BCUT2D eigenvalue weighted by atomic mass is 16.2. The fourth-order valence-electron chi connectivity index (χ4n) is 2.35. The van der Waals surface area contributed by atoms with E-state index < -0.39 is 0 Å². The van der Waals surface area contributed by atoms with Crippen molar-refractivity contribution in [2.45, 2.75) is 31.7 Å². The maximum Gasteiger partial charge on any atom is 0.220 e. The Balaban J connectivity index is 2.06. The van der Waals surface area contributed by atoms with Crippen LogP contribution in [-0.4, -0.2) is 25.5 Å². The van der Waals surface area contributed by atoms with Gasteiger partial charge in [-0.25, -0.2) is 0 Å². The smallest absolute Gasteiger partial charge is 0.220 e. The summed E-state index contributed by atoms with van der Waals surface area (Å²) in [4.78, 5) is 13.4. The molecule has 1 amide bonds. The highest BCUT2D eigenvalue weighted by Crippen LogP contribution is 2.25. The summed E-state index contributed by atoms with van der Waals surface area (Å²) >= 11 is 0. The molecule has 1 saturated heterocycles. The SMILES string of the molecule is CN(C)c1ccc(CC2(C)CCC(=O)N2)cc1. The van der Waals surface area contributed by atoms with Gasteiger partial charge in [-0.2, -0.15) is 0 Å². The summed E-state index contributed by atoms with van der Waals surface area (Å²) in [5, 5.41) is 3.07. The Morgan fingerprint density at radius 2 is 1.94 bits per heavy atom. The minimum absolute atomic E-state index is 0.0588. The minimum atomic E-state index is -0.0588. The van der Waals surface area contributed by atoms with E-state index in [1.165, 1.54) is 11.3 Å². The van der Waals surface area contributed by atoms with E-state index in [1.54, 1.807) is 0 Å². The van der Waals surface area contributed by atoms with Gasteiger partial charge in [0.25, 0.3) is 0 Å². The molecule has 1 aliphatic rings. The fraction of sp³-hybridized carbons (Fsp3) is 0.500. The Hall–Kier alpha value is -1.51. The van der Waals surface area contributed by atoms with Crippen LogP contribution in [0.25, 0.3) is 0 Å². The topological polar surface area (TPSA) is 32.3 Å². The van der Waals surface area contributed by atoms with Gasteiger partial charge in [-0.3, -0.25) is 4.79 Å². The minimum Gasteiger partial charge on any atom is -0.378 e. The first-order chi connectivity index (χ1) is 7.98. The van der Waals surface area contributed by atoms with Crippen molar-refractivity contribution in [3.63, 3.8) is 0 Å². The average Bonchev–Trinajstić information content (AvgIpc) is 2.59. The Kier molecular flexibility index (Phi) is 3.09. The zero-order valence-corrected chi connectivity index (χ0v) is 10.8. The summed E-state index contributed by atoms with van der Waals surface area (Å²) in [6.45, 7) is 2.12. The van der Waals surface area contributed by atoms with Gasteiger partial charge in [-0.05, 0) is 37.5 Å². The van der Waals surface area contributed by atoms with Gasteiger partial charge in [0, 0.05) is 31.7 Å². The molecule has 1 atom stereocenters. The van der Waals surface area contributed by atoms with E-state index in [1.807, 2.05) is 14.1 Å². The third kappa shape index (κ3) is 2.78. The zero-order chi connectivity index (χ0) is 12.5. The number of nitrogens with zero attached hydrogens (tertiary/aromatic N) is 1. The fourth-order valence-corrected chi connectivity index (χ4v) is 2.35. The van der Waals surface area contributed by atoms with Crippen molar-refractivity contribution in [1.29, 1.82) is 0 Å². The molecular formula is C14H20N2O. The summed E-state index contributed by atoms with van der Waals surface area (Å²) in [6, 6.07) is 8.53. The van der Waals surface area contributed by atoms with E-state index in [0.717, 1.165) is 12.8 Å². The van der Waals surface area contributed by atoms with Gasteiger partial charge < -0.3 is 10.2 Å². The third-order valence-electron chi connectivity index (χ3n) is 3.39. The number of hydrogen-bond acceptors (Lipinski definition) is 2. The maximum absolute atomic E-state index is 11.3. The van der Waals surface area contributed by atoms with Crippen LogP contribution in [-0.2, 0) is 11.2 Å². The Labute approximate surface area is 103 Å². The highest BCUT2D eigenvalue weighted by molar-refractivity contribution is 5.79. The van der Waals surface area contributed by atoms with Crippen molar-refractivity contribution in [3.8, 4) is 0 Å². The van der Waals surface area contributed by atoms with Crippen molar-refractivity contribution < 1.29 is 4.79 Å². The highest BCUT2D eigenvalue weighted by Gasteiger charge is 2.32. The number of amides is 1. The molecule has 1 aromatic carbocycles. The van der Waals surface area contributed by atoms with Gasteiger partial charge >= 0.3 is 0 Å². The van der Waals surface area contributed by atoms with E-state index in [4.69, 9.17) is 0 Å². The summed E-state index contributed by atoms with van der Waals surface area (Å²) in [5.41, 5.74) is 2.42. The van der Waals surface area contributed by atoms with Gasteiger partial charge in [0.15, 0.2) is 0 Å². The number of carbonyl (C=O) groups excluding carboxylic acids is 1. The predicted octanol–water partition coefficient (Wildman–Crippen LogP) is 1.96. The lowest BCUT2D eigenvalue weighted by molar-refractivity contribution is -0.119. The molecule has 1 heterocycles. The lowest BCUT2D eigenvalue weighted by Crippen LogP contribution is -2.40. The molecule has 0 radical (unpaired) electrons. The van der Waals surface area contributed by atoms with E-state index in [2.05, 4.69) is 41.4 Å². The molecule has 3 heteroatoms. The van der Waals surface area contributed by atoms with E-state index in [-0.39, 0.29) is 11.4 Å². The number of anilines is 1. The van der Waals surface area contributed by atoms with Gasteiger partial charge in [-0.15, -0.1) is 0 Å². The summed E-state index contributed by atoms with van der Waals surface area (Å²) < 4.78 is 0. The van der Waals surface area contributed by atoms with Crippen molar-refractivity contribution in [1.82, 2.24) is 5.32 Å². The van der Waals surface area contributed by atoms with Crippen LogP contribution in [0.5, 0.6) is 0 Å². The van der Waals surface area contributed by atoms with E-state index in [9.17, 15) is 4.79 Å². The van der Waals surface area contributed by atoms with Gasteiger partial charge in [0.05, 0.1) is 0 Å². The van der Waals surface area contributed by atoms with Gasteiger partial charge in [0.2, 0.25) is 5.91 Å². The molecule has 0 spiro atoms. The lowest BCUT2D eigenvalue weighted by atomic mass is 9.91. The molecule has 1 aromatic rings. The van der Waals surface area contributed by atoms with Crippen LogP contribution in [0.2, 0.25) is 0 Å². The summed E-state index contributed by atoms with van der Waals surface area (Å²) in [5.74, 6) is 0.178. The van der Waals surface area contributed by atoms with Crippen LogP contribution < -0.4 is 10.2 Å². The van der Waals surface area contributed by atoms with Gasteiger partial charge in [-0.1, -0.05) is 12.1 Å². The van der Waals surface area contributed by atoms with Crippen LogP contribution in [0, 0.1) is 0 Å². The normalized spacial score (nSPS) is 23.6. The number of nitrogens with one attached hydrogen (secondary N) is 1. The second-order valence-electron chi connectivity index (χ2n) is 5.35. The maximum atomic E-state index is 11.3.